The molecule has 1 atom stereocenters. The van der Waals surface area contributed by atoms with Crippen molar-refractivity contribution in [2.75, 3.05) is 20.1 Å². The lowest BCUT2D eigenvalue weighted by molar-refractivity contribution is -0.137. The van der Waals surface area contributed by atoms with E-state index in [1.54, 1.807) is 4.90 Å². The molecule has 0 saturated carbocycles. The Hall–Kier alpha value is -2.69. The maximum Gasteiger partial charge on any atom is 0.253 e. The van der Waals surface area contributed by atoms with Gasteiger partial charge in [-0.25, -0.2) is 4.39 Å². The van der Waals surface area contributed by atoms with Crippen LogP contribution in [0.1, 0.15) is 46.8 Å². The number of fused-ring (bicyclic) bond motifs is 1. The molecule has 5 heteroatoms. The summed E-state index contributed by atoms with van der Waals surface area (Å²) in [5, 5.41) is 0. The van der Waals surface area contributed by atoms with E-state index in [1.807, 2.05) is 18.0 Å². The zero-order valence-corrected chi connectivity index (χ0v) is 16.1. The number of piperidine rings is 1. The maximum absolute atomic E-state index is 13.1. The number of hydrogen-bond donors (Lipinski definition) is 0. The van der Waals surface area contributed by atoms with Gasteiger partial charge in [0.1, 0.15) is 5.82 Å². The van der Waals surface area contributed by atoms with Crippen LogP contribution in [0, 0.1) is 11.7 Å². The van der Waals surface area contributed by atoms with E-state index in [1.165, 1.54) is 35.4 Å². The van der Waals surface area contributed by atoms with Crippen molar-refractivity contribution in [2.24, 2.45) is 5.92 Å². The van der Waals surface area contributed by atoms with Gasteiger partial charge in [0, 0.05) is 31.6 Å². The molecule has 1 heterocycles. The second-order valence-corrected chi connectivity index (χ2v) is 7.78. The summed E-state index contributed by atoms with van der Waals surface area (Å²) in [6, 6.07) is 14.2. The van der Waals surface area contributed by atoms with Crippen molar-refractivity contribution in [3.63, 3.8) is 0 Å². The van der Waals surface area contributed by atoms with E-state index < -0.39 is 0 Å². The topological polar surface area (TPSA) is 40.6 Å². The minimum Gasteiger partial charge on any atom is -0.339 e. The van der Waals surface area contributed by atoms with E-state index in [-0.39, 0.29) is 29.6 Å². The van der Waals surface area contributed by atoms with Crippen LogP contribution in [-0.2, 0) is 11.2 Å². The van der Waals surface area contributed by atoms with Crippen LogP contribution in [0.5, 0.6) is 0 Å². The fraction of sp³-hybridized carbons (Fsp3) is 0.391. The van der Waals surface area contributed by atoms with Crippen LogP contribution < -0.4 is 0 Å². The van der Waals surface area contributed by atoms with Gasteiger partial charge in [-0.2, -0.15) is 0 Å². The van der Waals surface area contributed by atoms with Gasteiger partial charge in [0.05, 0.1) is 6.04 Å². The number of nitrogens with zero attached hydrogens (tertiary/aromatic N) is 2. The summed E-state index contributed by atoms with van der Waals surface area (Å²) in [4.78, 5) is 29.3. The summed E-state index contributed by atoms with van der Waals surface area (Å²) in [5.41, 5.74) is 3.10. The van der Waals surface area contributed by atoms with Crippen molar-refractivity contribution in [2.45, 2.75) is 31.7 Å². The first-order valence-corrected chi connectivity index (χ1v) is 9.94. The smallest absolute Gasteiger partial charge is 0.253 e. The second kappa shape index (κ2) is 7.74. The number of benzene rings is 2. The molecule has 0 unspecified atom stereocenters. The molecular weight excluding hydrogens is 355 g/mol. The molecule has 0 spiro atoms. The van der Waals surface area contributed by atoms with E-state index in [9.17, 15) is 14.0 Å². The number of likely N-dealkylation sites (tertiary alicyclic amines) is 1. The summed E-state index contributed by atoms with van der Waals surface area (Å²) in [6.07, 6.45) is 3.33. The first kappa shape index (κ1) is 18.7. The number of amides is 2. The van der Waals surface area contributed by atoms with Crippen LogP contribution in [0.2, 0.25) is 0 Å². The molecule has 1 fully saturated rings. The lowest BCUT2D eigenvalue weighted by Gasteiger charge is -2.35. The van der Waals surface area contributed by atoms with Gasteiger partial charge < -0.3 is 9.80 Å². The van der Waals surface area contributed by atoms with Crippen LogP contribution in [0.15, 0.2) is 48.5 Å². The van der Waals surface area contributed by atoms with Gasteiger partial charge in [-0.15, -0.1) is 0 Å². The van der Waals surface area contributed by atoms with E-state index >= 15 is 0 Å². The Morgan fingerprint density at radius 2 is 1.68 bits per heavy atom. The van der Waals surface area contributed by atoms with Crippen LogP contribution in [-0.4, -0.2) is 41.8 Å². The summed E-state index contributed by atoms with van der Waals surface area (Å²) < 4.78 is 13.1. The average Bonchev–Trinajstić information content (AvgIpc) is 3.17. The average molecular weight is 380 g/mol. The molecule has 146 valence electrons. The number of rotatable bonds is 3. The van der Waals surface area contributed by atoms with Crippen molar-refractivity contribution >= 4 is 11.8 Å². The molecule has 0 N–H and O–H groups in total. The molecule has 1 aliphatic carbocycles. The van der Waals surface area contributed by atoms with Crippen LogP contribution in [0.25, 0.3) is 0 Å². The molecule has 0 radical (unpaired) electrons. The number of halogens is 1. The highest BCUT2D eigenvalue weighted by Crippen LogP contribution is 2.36. The molecule has 1 aliphatic heterocycles. The summed E-state index contributed by atoms with van der Waals surface area (Å²) >= 11 is 0. The Morgan fingerprint density at radius 1 is 1.00 bits per heavy atom. The van der Waals surface area contributed by atoms with E-state index in [0.29, 0.717) is 31.5 Å². The first-order valence-electron chi connectivity index (χ1n) is 9.94. The molecule has 0 aromatic heterocycles. The molecule has 2 aromatic carbocycles. The molecule has 2 amide bonds. The second-order valence-electron chi connectivity index (χ2n) is 7.78. The van der Waals surface area contributed by atoms with Gasteiger partial charge in [0.25, 0.3) is 5.91 Å². The van der Waals surface area contributed by atoms with Crippen molar-refractivity contribution < 1.29 is 14.0 Å². The maximum atomic E-state index is 13.1. The molecule has 4 rings (SSSR count). The van der Waals surface area contributed by atoms with E-state index in [0.717, 1.165) is 12.8 Å². The Morgan fingerprint density at radius 3 is 2.39 bits per heavy atom. The van der Waals surface area contributed by atoms with Crippen LogP contribution >= 0.6 is 0 Å². The molecule has 2 aromatic rings. The van der Waals surface area contributed by atoms with Crippen molar-refractivity contribution in [3.8, 4) is 0 Å². The molecule has 0 bridgehead atoms. The third kappa shape index (κ3) is 3.53. The number of carbonyl (C=O) groups is 2. The van der Waals surface area contributed by atoms with Gasteiger partial charge >= 0.3 is 0 Å². The SMILES string of the molecule is CN(C(=O)C1CCN(C(=O)c2ccc(F)cc2)CC1)[C@@H]1CCc2ccccc21. The minimum atomic E-state index is -0.350. The quantitative estimate of drug-likeness (QED) is 0.812. The number of carbonyl (C=O) groups excluding carboxylic acids is 2. The highest BCUT2D eigenvalue weighted by molar-refractivity contribution is 5.94. The third-order valence-corrected chi connectivity index (χ3v) is 6.14. The number of hydrogen-bond acceptors (Lipinski definition) is 2. The van der Waals surface area contributed by atoms with Gasteiger partial charge in [-0.3, -0.25) is 9.59 Å². The van der Waals surface area contributed by atoms with Gasteiger partial charge in [-0.1, -0.05) is 24.3 Å². The minimum absolute atomic E-state index is 0.0463. The summed E-state index contributed by atoms with van der Waals surface area (Å²) in [5.74, 6) is -0.313. The van der Waals surface area contributed by atoms with Gasteiger partial charge in [0.15, 0.2) is 0 Å². The summed E-state index contributed by atoms with van der Waals surface area (Å²) in [7, 11) is 1.91. The Kier molecular flexibility index (Phi) is 5.16. The Labute approximate surface area is 164 Å². The molecule has 2 aliphatic rings. The van der Waals surface area contributed by atoms with Crippen LogP contribution in [0.3, 0.4) is 0 Å². The Bertz CT molecular complexity index is 872. The lowest BCUT2D eigenvalue weighted by atomic mass is 9.94. The zero-order chi connectivity index (χ0) is 19.7. The first-order chi connectivity index (χ1) is 13.5. The van der Waals surface area contributed by atoms with Gasteiger partial charge in [0.2, 0.25) is 5.91 Å². The van der Waals surface area contributed by atoms with Crippen molar-refractivity contribution in [1.29, 1.82) is 0 Å². The normalized spacial score (nSPS) is 19.4. The van der Waals surface area contributed by atoms with E-state index in [2.05, 4.69) is 18.2 Å². The third-order valence-electron chi connectivity index (χ3n) is 6.14. The predicted molar refractivity (Wildman–Crippen MR) is 105 cm³/mol. The molecule has 4 nitrogen and oxygen atoms in total. The largest absolute Gasteiger partial charge is 0.339 e. The molecule has 1 saturated heterocycles. The molecule has 28 heavy (non-hydrogen) atoms. The fourth-order valence-electron chi connectivity index (χ4n) is 4.48. The van der Waals surface area contributed by atoms with Gasteiger partial charge in [-0.05, 0) is 61.1 Å². The summed E-state index contributed by atoms with van der Waals surface area (Å²) in [6.45, 7) is 1.11. The Balaban J connectivity index is 1.36. The fourth-order valence-corrected chi connectivity index (χ4v) is 4.48. The lowest BCUT2D eigenvalue weighted by Crippen LogP contribution is -2.44. The number of aryl methyl sites for hydroxylation is 1. The van der Waals surface area contributed by atoms with Crippen molar-refractivity contribution in [3.05, 3.63) is 71.0 Å². The predicted octanol–water partition coefficient (Wildman–Crippen LogP) is 3.82. The monoisotopic (exact) mass is 380 g/mol. The van der Waals surface area contributed by atoms with E-state index in [4.69, 9.17) is 0 Å². The highest BCUT2D eigenvalue weighted by Gasteiger charge is 2.34. The highest BCUT2D eigenvalue weighted by atomic mass is 19.1. The zero-order valence-electron chi connectivity index (χ0n) is 16.1. The van der Waals surface area contributed by atoms with Crippen LogP contribution in [0.4, 0.5) is 4.39 Å². The van der Waals surface area contributed by atoms with Crippen molar-refractivity contribution in [1.82, 2.24) is 9.80 Å². The standard InChI is InChI=1S/C23H25FN2O2/c1-25(21-11-8-16-4-2-3-5-20(16)21)22(27)18-12-14-26(15-13-18)23(28)17-6-9-19(24)10-7-17/h2-7,9-10,18,21H,8,11-15H2,1H3/t21-/m1/s1. The molecular formula is C23H25FN2O2.